The van der Waals surface area contributed by atoms with E-state index < -0.39 is 21.9 Å². The molecule has 1 unspecified atom stereocenters. The molecule has 0 aliphatic carbocycles. The summed E-state index contributed by atoms with van der Waals surface area (Å²) in [7, 11) is -2.16. The maximum atomic E-state index is 13.0. The van der Waals surface area contributed by atoms with Gasteiger partial charge in [-0.05, 0) is 60.0 Å². The summed E-state index contributed by atoms with van der Waals surface area (Å²) in [6.07, 6.45) is 1.20. The van der Waals surface area contributed by atoms with Crippen molar-refractivity contribution in [3.05, 3.63) is 66.7 Å². The minimum absolute atomic E-state index is 0.112. The first-order chi connectivity index (χ1) is 14.5. The second-order valence-electron chi connectivity index (χ2n) is 7.31. The molecule has 30 heavy (non-hydrogen) atoms. The molecule has 4 rings (SSSR count). The lowest BCUT2D eigenvalue weighted by Crippen LogP contribution is -2.43. The fourth-order valence-electron chi connectivity index (χ4n) is 3.68. The maximum absolute atomic E-state index is 13.0. The predicted molar refractivity (Wildman–Crippen MR) is 114 cm³/mol. The number of fused-ring (bicyclic) bond motifs is 1. The zero-order valence-electron chi connectivity index (χ0n) is 16.7. The van der Waals surface area contributed by atoms with Gasteiger partial charge in [0.2, 0.25) is 10.0 Å². The van der Waals surface area contributed by atoms with Crippen molar-refractivity contribution < 1.29 is 22.7 Å². The summed E-state index contributed by atoms with van der Waals surface area (Å²) in [6.45, 7) is 0.495. The third-order valence-corrected chi connectivity index (χ3v) is 7.23. The molecule has 3 aromatic carbocycles. The molecule has 0 spiro atoms. The van der Waals surface area contributed by atoms with Crippen molar-refractivity contribution in [2.24, 2.45) is 5.92 Å². The van der Waals surface area contributed by atoms with E-state index in [0.717, 1.165) is 10.8 Å². The van der Waals surface area contributed by atoms with Crippen LogP contribution in [0, 0.1) is 5.92 Å². The Morgan fingerprint density at radius 3 is 2.40 bits per heavy atom. The molecule has 1 fully saturated rings. The molecule has 6 nitrogen and oxygen atoms in total. The van der Waals surface area contributed by atoms with Gasteiger partial charge in [-0.15, -0.1) is 0 Å². The van der Waals surface area contributed by atoms with Gasteiger partial charge in [0.05, 0.1) is 17.9 Å². The minimum Gasteiger partial charge on any atom is -0.497 e. The first kappa shape index (κ1) is 20.4. The van der Waals surface area contributed by atoms with Crippen molar-refractivity contribution in [1.29, 1.82) is 0 Å². The van der Waals surface area contributed by atoms with E-state index in [9.17, 15) is 13.2 Å². The van der Waals surface area contributed by atoms with E-state index in [1.165, 1.54) is 23.5 Å². The smallest absolute Gasteiger partial charge is 0.315 e. The van der Waals surface area contributed by atoms with E-state index in [0.29, 0.717) is 30.9 Å². The molecular formula is C23H23NO5S. The van der Waals surface area contributed by atoms with Gasteiger partial charge in [-0.3, -0.25) is 4.79 Å². The van der Waals surface area contributed by atoms with Crippen LogP contribution in [0.3, 0.4) is 0 Å². The summed E-state index contributed by atoms with van der Waals surface area (Å²) in [5, 5.41) is 2.04. The van der Waals surface area contributed by atoms with Gasteiger partial charge >= 0.3 is 5.97 Å². The highest BCUT2D eigenvalue weighted by Crippen LogP contribution is 2.27. The maximum Gasteiger partial charge on any atom is 0.315 e. The van der Waals surface area contributed by atoms with Crippen LogP contribution in [0.1, 0.15) is 12.8 Å². The molecule has 0 amide bonds. The molecule has 156 valence electrons. The van der Waals surface area contributed by atoms with Crippen molar-refractivity contribution in [3.8, 4) is 11.5 Å². The van der Waals surface area contributed by atoms with Crippen LogP contribution in [-0.4, -0.2) is 38.9 Å². The van der Waals surface area contributed by atoms with Crippen molar-refractivity contribution in [1.82, 2.24) is 4.31 Å². The quantitative estimate of drug-likeness (QED) is 0.459. The zero-order chi connectivity index (χ0) is 21.1. The number of sulfonamides is 1. The summed E-state index contributed by atoms with van der Waals surface area (Å²) in [5.41, 5.74) is 0. The van der Waals surface area contributed by atoms with Gasteiger partial charge in [0.15, 0.2) is 0 Å². The molecular weight excluding hydrogens is 402 g/mol. The zero-order valence-corrected chi connectivity index (χ0v) is 17.5. The Morgan fingerprint density at radius 2 is 1.67 bits per heavy atom. The number of hydrogen-bond acceptors (Lipinski definition) is 5. The van der Waals surface area contributed by atoms with E-state index in [1.54, 1.807) is 18.2 Å². The van der Waals surface area contributed by atoms with Gasteiger partial charge in [-0.2, -0.15) is 4.31 Å². The summed E-state index contributed by atoms with van der Waals surface area (Å²) in [5.74, 6) is 0.149. The Bertz CT molecular complexity index is 1160. The number of nitrogens with zero attached hydrogens (tertiary/aromatic N) is 1. The van der Waals surface area contributed by atoms with E-state index in [4.69, 9.17) is 9.47 Å². The highest BCUT2D eigenvalue weighted by molar-refractivity contribution is 7.89. The average Bonchev–Trinajstić information content (AvgIpc) is 2.79. The van der Waals surface area contributed by atoms with E-state index in [-0.39, 0.29) is 11.4 Å². The van der Waals surface area contributed by atoms with Crippen molar-refractivity contribution in [3.63, 3.8) is 0 Å². The van der Waals surface area contributed by atoms with Crippen LogP contribution < -0.4 is 9.47 Å². The number of carbonyl (C=O) groups excluding carboxylic acids is 1. The summed E-state index contributed by atoms with van der Waals surface area (Å²) in [4.78, 5) is 12.9. The largest absolute Gasteiger partial charge is 0.497 e. The van der Waals surface area contributed by atoms with Gasteiger partial charge in [0, 0.05) is 13.1 Å². The normalized spacial score (nSPS) is 17.6. The van der Waals surface area contributed by atoms with E-state index in [1.807, 2.05) is 36.4 Å². The lowest BCUT2D eigenvalue weighted by Gasteiger charge is -2.30. The van der Waals surface area contributed by atoms with Crippen LogP contribution in [0.25, 0.3) is 10.8 Å². The molecule has 0 bridgehead atoms. The number of rotatable bonds is 5. The SMILES string of the molecule is COc1ccc(S(=O)(=O)N2CCCC(C(=O)Oc3ccc4ccccc4c3)C2)cc1. The van der Waals surface area contributed by atoms with Crippen LogP contribution in [-0.2, 0) is 14.8 Å². The number of ether oxygens (including phenoxy) is 2. The van der Waals surface area contributed by atoms with Crippen LogP contribution in [0.5, 0.6) is 11.5 Å². The number of carbonyl (C=O) groups is 1. The molecule has 0 saturated carbocycles. The van der Waals surface area contributed by atoms with Gasteiger partial charge in [0.25, 0.3) is 0 Å². The molecule has 0 aromatic heterocycles. The first-order valence-electron chi connectivity index (χ1n) is 9.82. The first-order valence-corrected chi connectivity index (χ1v) is 11.3. The predicted octanol–water partition coefficient (Wildman–Crippen LogP) is 3.85. The summed E-state index contributed by atoms with van der Waals surface area (Å²) in [6, 6.07) is 19.6. The molecule has 1 aliphatic heterocycles. The van der Waals surface area contributed by atoms with Crippen molar-refractivity contribution >= 4 is 26.8 Å². The topological polar surface area (TPSA) is 72.9 Å². The third-order valence-electron chi connectivity index (χ3n) is 5.35. The Morgan fingerprint density at radius 1 is 0.967 bits per heavy atom. The van der Waals surface area contributed by atoms with E-state index >= 15 is 0 Å². The number of methoxy groups -OCH3 is 1. The Balaban J connectivity index is 1.47. The molecule has 1 saturated heterocycles. The highest BCUT2D eigenvalue weighted by atomic mass is 32.2. The minimum atomic E-state index is -3.69. The Hall–Kier alpha value is -2.90. The second kappa shape index (κ2) is 8.45. The van der Waals surface area contributed by atoms with Crippen LogP contribution in [0.4, 0.5) is 0 Å². The second-order valence-corrected chi connectivity index (χ2v) is 9.25. The summed E-state index contributed by atoms with van der Waals surface area (Å²) < 4.78 is 38.0. The number of benzene rings is 3. The third kappa shape index (κ3) is 4.17. The fraction of sp³-hybridized carbons (Fsp3) is 0.261. The monoisotopic (exact) mass is 425 g/mol. The Labute approximate surface area is 176 Å². The fourth-order valence-corrected chi connectivity index (χ4v) is 5.20. The molecule has 1 aliphatic rings. The van der Waals surface area contributed by atoms with Crippen LogP contribution in [0.15, 0.2) is 71.6 Å². The number of esters is 1. The molecule has 0 N–H and O–H groups in total. The average molecular weight is 426 g/mol. The molecule has 7 heteroatoms. The molecule has 0 radical (unpaired) electrons. The van der Waals surface area contributed by atoms with Gasteiger partial charge in [-0.25, -0.2) is 8.42 Å². The van der Waals surface area contributed by atoms with Crippen molar-refractivity contribution in [2.45, 2.75) is 17.7 Å². The molecule has 1 heterocycles. The van der Waals surface area contributed by atoms with Gasteiger partial charge < -0.3 is 9.47 Å². The van der Waals surface area contributed by atoms with Crippen LogP contribution >= 0.6 is 0 Å². The van der Waals surface area contributed by atoms with Gasteiger partial charge in [-0.1, -0.05) is 30.3 Å². The molecule has 1 atom stereocenters. The standard InChI is InChI=1S/C23H23NO5S/c1-28-20-10-12-22(13-11-20)30(26,27)24-14-4-7-19(16-24)23(25)29-21-9-8-17-5-2-3-6-18(17)15-21/h2-3,5-6,8-13,15,19H,4,7,14,16H2,1H3. The highest BCUT2D eigenvalue weighted by Gasteiger charge is 2.34. The number of piperidine rings is 1. The Kier molecular flexibility index (Phi) is 5.74. The van der Waals surface area contributed by atoms with Gasteiger partial charge in [0.1, 0.15) is 11.5 Å². The lowest BCUT2D eigenvalue weighted by atomic mass is 10.00. The van der Waals surface area contributed by atoms with Crippen LogP contribution in [0.2, 0.25) is 0 Å². The number of hydrogen-bond donors (Lipinski definition) is 0. The lowest BCUT2D eigenvalue weighted by molar-refractivity contribution is -0.140. The van der Waals surface area contributed by atoms with E-state index in [2.05, 4.69) is 0 Å². The summed E-state index contributed by atoms with van der Waals surface area (Å²) >= 11 is 0. The van der Waals surface area contributed by atoms with Crippen molar-refractivity contribution in [2.75, 3.05) is 20.2 Å². The molecule has 3 aromatic rings.